The molecule has 0 N–H and O–H groups in total. The van der Waals surface area contributed by atoms with E-state index in [1.54, 1.807) is 11.8 Å². The van der Waals surface area contributed by atoms with E-state index in [0.717, 1.165) is 45.3 Å². The number of carbonyl (C=O) groups excluding carboxylic acids is 2. The first-order valence-electron chi connectivity index (χ1n) is 9.43. The number of benzene rings is 1. The monoisotopic (exact) mass is 478 g/mol. The smallest absolute Gasteiger partial charge is 0.186 e. The number of ketones is 2. The van der Waals surface area contributed by atoms with Gasteiger partial charge < -0.3 is 4.90 Å². The van der Waals surface area contributed by atoms with Crippen LogP contribution >= 0.6 is 39.0 Å². The summed E-state index contributed by atoms with van der Waals surface area (Å²) in [5.74, 6) is 0.292. The van der Waals surface area contributed by atoms with Crippen LogP contribution in [0.3, 0.4) is 0 Å². The number of rotatable bonds is 4. The molecule has 28 heavy (non-hydrogen) atoms. The number of thioether (sulfide) groups is 1. The first-order valence-corrected chi connectivity index (χ1v) is 11.9. The molecule has 0 atom stereocenters. The van der Waals surface area contributed by atoms with E-state index in [0.29, 0.717) is 13.0 Å². The lowest BCUT2D eigenvalue weighted by Crippen LogP contribution is -2.47. The van der Waals surface area contributed by atoms with Gasteiger partial charge in [-0.15, -0.1) is 23.1 Å². The lowest BCUT2D eigenvalue weighted by atomic mass is 10.0. The second-order valence-electron chi connectivity index (χ2n) is 7.94. The molecule has 1 saturated heterocycles. The quantitative estimate of drug-likeness (QED) is 0.579. The van der Waals surface area contributed by atoms with Gasteiger partial charge in [-0.25, -0.2) is 0 Å². The van der Waals surface area contributed by atoms with Gasteiger partial charge in [0.25, 0.3) is 0 Å². The van der Waals surface area contributed by atoms with Gasteiger partial charge in [0.15, 0.2) is 11.6 Å². The predicted molar refractivity (Wildman–Crippen MR) is 120 cm³/mol. The maximum absolute atomic E-state index is 12.8. The molecule has 2 aromatic rings. The van der Waals surface area contributed by atoms with Crippen molar-refractivity contribution in [3.8, 4) is 0 Å². The molecule has 0 aliphatic carbocycles. The van der Waals surface area contributed by atoms with Crippen LogP contribution in [-0.2, 0) is 0 Å². The molecule has 1 aromatic heterocycles. The maximum Gasteiger partial charge on any atom is 0.186 e. The second-order valence-corrected chi connectivity index (χ2v) is 11.9. The van der Waals surface area contributed by atoms with Crippen LogP contribution in [-0.4, -0.2) is 53.9 Å². The highest BCUT2D eigenvalue weighted by atomic mass is 79.9. The number of piperazine rings is 1. The largest absolute Gasteiger partial charge is 0.369 e. The Morgan fingerprint density at radius 1 is 1.14 bits per heavy atom. The van der Waals surface area contributed by atoms with Gasteiger partial charge in [-0.3, -0.25) is 14.5 Å². The number of carbonyl (C=O) groups is 2. The van der Waals surface area contributed by atoms with Crippen molar-refractivity contribution in [1.29, 1.82) is 0 Å². The van der Waals surface area contributed by atoms with E-state index in [1.165, 1.54) is 17.0 Å². The zero-order valence-corrected chi connectivity index (χ0v) is 19.3. The summed E-state index contributed by atoms with van der Waals surface area (Å²) in [6, 6.07) is 10.2. The van der Waals surface area contributed by atoms with Gasteiger partial charge in [-0.05, 0) is 44.2 Å². The number of anilines is 1. The van der Waals surface area contributed by atoms with E-state index in [-0.39, 0.29) is 16.3 Å². The van der Waals surface area contributed by atoms with Crippen molar-refractivity contribution in [3.05, 3.63) is 45.2 Å². The summed E-state index contributed by atoms with van der Waals surface area (Å²) in [6.07, 6.45) is 0.535. The van der Waals surface area contributed by atoms with Gasteiger partial charge in [0.1, 0.15) is 0 Å². The molecule has 7 heteroatoms. The average Bonchev–Trinajstić information content (AvgIpc) is 3.06. The Kier molecular flexibility index (Phi) is 5.71. The van der Waals surface area contributed by atoms with Crippen molar-refractivity contribution in [1.82, 2.24) is 4.90 Å². The van der Waals surface area contributed by atoms with Crippen LogP contribution in [0.15, 0.2) is 39.0 Å². The third kappa shape index (κ3) is 4.37. The van der Waals surface area contributed by atoms with Crippen molar-refractivity contribution in [2.45, 2.75) is 29.2 Å². The van der Waals surface area contributed by atoms with E-state index in [1.807, 2.05) is 6.07 Å². The minimum absolute atomic E-state index is 0.0847. The molecule has 3 heterocycles. The number of hydrogen-bond donors (Lipinski definition) is 0. The van der Waals surface area contributed by atoms with Gasteiger partial charge in [0.2, 0.25) is 0 Å². The first-order chi connectivity index (χ1) is 13.3. The highest BCUT2D eigenvalue weighted by Gasteiger charge is 2.34. The summed E-state index contributed by atoms with van der Waals surface area (Å²) in [5, 5.41) is 0. The number of hydrogen-bond acceptors (Lipinski definition) is 6. The fraction of sp³-hybridized carbons (Fsp3) is 0.429. The van der Waals surface area contributed by atoms with E-state index < -0.39 is 0 Å². The normalized spacial score (nSPS) is 19.5. The summed E-state index contributed by atoms with van der Waals surface area (Å²) in [6.45, 7) is 8.17. The Morgan fingerprint density at radius 2 is 1.82 bits per heavy atom. The van der Waals surface area contributed by atoms with Gasteiger partial charge in [0.05, 0.1) is 15.6 Å². The number of thiophene rings is 1. The first kappa shape index (κ1) is 20.1. The van der Waals surface area contributed by atoms with Crippen molar-refractivity contribution in [2.75, 3.05) is 37.6 Å². The van der Waals surface area contributed by atoms with Gasteiger partial charge in [-0.1, -0.05) is 15.9 Å². The molecule has 2 aliphatic rings. The minimum Gasteiger partial charge on any atom is -0.369 e. The Hall–Kier alpha value is -1.15. The Balaban J connectivity index is 1.36. The summed E-state index contributed by atoms with van der Waals surface area (Å²) in [7, 11) is 0. The third-order valence-electron chi connectivity index (χ3n) is 5.16. The standard InChI is InChI=1S/C21H23BrN2O2S2/c1-21(2)12-17(25)16-11-19(27-20(16)28-21)18(26)13-23-7-9-24(10-8-23)15-5-3-14(22)4-6-15/h3-6,11H,7-10,12-13H2,1-2H3. The molecule has 0 saturated carbocycles. The summed E-state index contributed by atoms with van der Waals surface area (Å²) < 4.78 is 2.00. The number of nitrogens with zero attached hydrogens (tertiary/aromatic N) is 2. The fourth-order valence-corrected chi connectivity index (χ4v) is 6.85. The van der Waals surface area contributed by atoms with Crippen molar-refractivity contribution < 1.29 is 9.59 Å². The van der Waals surface area contributed by atoms with E-state index in [4.69, 9.17) is 0 Å². The minimum atomic E-state index is -0.0847. The third-order valence-corrected chi connectivity index (χ3v) is 8.26. The molecule has 0 radical (unpaired) electrons. The SMILES string of the molecule is CC1(C)CC(=O)c2cc(C(=O)CN3CCN(c4ccc(Br)cc4)CC3)sc2S1. The number of Topliss-reactive ketones (excluding diaryl/α,β-unsaturated/α-hetero) is 2. The molecule has 0 amide bonds. The summed E-state index contributed by atoms with van der Waals surface area (Å²) in [5.41, 5.74) is 1.97. The molecular formula is C21H23BrN2O2S2. The molecule has 0 bridgehead atoms. The van der Waals surface area contributed by atoms with Crippen LogP contribution in [0.2, 0.25) is 0 Å². The number of fused-ring (bicyclic) bond motifs is 1. The van der Waals surface area contributed by atoms with Gasteiger partial charge in [0, 0.05) is 53.1 Å². The average molecular weight is 479 g/mol. The van der Waals surface area contributed by atoms with E-state index >= 15 is 0 Å². The van der Waals surface area contributed by atoms with E-state index in [9.17, 15) is 9.59 Å². The molecule has 0 unspecified atom stereocenters. The lowest BCUT2D eigenvalue weighted by molar-refractivity contribution is 0.0930. The highest BCUT2D eigenvalue weighted by molar-refractivity contribution is 9.10. The van der Waals surface area contributed by atoms with Crippen LogP contribution < -0.4 is 4.90 Å². The highest BCUT2D eigenvalue weighted by Crippen LogP contribution is 2.46. The molecule has 148 valence electrons. The second kappa shape index (κ2) is 7.94. The van der Waals surface area contributed by atoms with Gasteiger partial charge >= 0.3 is 0 Å². The van der Waals surface area contributed by atoms with Crippen molar-refractivity contribution in [3.63, 3.8) is 0 Å². The summed E-state index contributed by atoms with van der Waals surface area (Å²) >= 11 is 6.68. The summed E-state index contributed by atoms with van der Waals surface area (Å²) in [4.78, 5) is 30.5. The van der Waals surface area contributed by atoms with Crippen LogP contribution in [0.4, 0.5) is 5.69 Å². The zero-order chi connectivity index (χ0) is 19.9. The van der Waals surface area contributed by atoms with E-state index in [2.05, 4.69) is 63.8 Å². The Morgan fingerprint density at radius 3 is 2.50 bits per heavy atom. The molecule has 4 rings (SSSR count). The molecule has 1 fully saturated rings. The molecule has 0 spiro atoms. The fourth-order valence-electron chi connectivity index (χ4n) is 3.65. The lowest BCUT2D eigenvalue weighted by Gasteiger charge is -2.35. The number of halogens is 1. The Labute approximate surface area is 182 Å². The molecule has 1 aromatic carbocycles. The predicted octanol–water partition coefficient (Wildman–Crippen LogP) is 4.97. The molecule has 4 nitrogen and oxygen atoms in total. The maximum atomic E-state index is 12.8. The van der Waals surface area contributed by atoms with Crippen LogP contribution in [0.5, 0.6) is 0 Å². The van der Waals surface area contributed by atoms with Crippen molar-refractivity contribution >= 4 is 56.3 Å². The van der Waals surface area contributed by atoms with Crippen LogP contribution in [0.25, 0.3) is 0 Å². The molecule has 2 aliphatic heterocycles. The van der Waals surface area contributed by atoms with Gasteiger partial charge in [-0.2, -0.15) is 0 Å². The van der Waals surface area contributed by atoms with Crippen molar-refractivity contribution in [2.24, 2.45) is 0 Å². The Bertz CT molecular complexity index is 900. The molecular weight excluding hydrogens is 456 g/mol. The topological polar surface area (TPSA) is 40.6 Å². The zero-order valence-electron chi connectivity index (χ0n) is 16.0. The van der Waals surface area contributed by atoms with Crippen LogP contribution in [0.1, 0.15) is 40.3 Å². The van der Waals surface area contributed by atoms with Crippen LogP contribution in [0, 0.1) is 0 Å².